The van der Waals surface area contributed by atoms with Crippen molar-refractivity contribution >= 4 is 11.8 Å². The highest BCUT2D eigenvalue weighted by atomic mass is 32.2. The Kier molecular flexibility index (Phi) is 3.46. The van der Waals surface area contributed by atoms with Crippen molar-refractivity contribution < 1.29 is 5.11 Å². The monoisotopic (exact) mass is 167 g/mol. The summed E-state index contributed by atoms with van der Waals surface area (Å²) in [6.45, 7) is 1.98. The zero-order valence-corrected chi connectivity index (χ0v) is 7.36. The molecule has 0 spiro atoms. The minimum Gasteiger partial charge on any atom is -0.232 e. The average Bonchev–Trinajstić information content (AvgIpc) is 2.06. The van der Waals surface area contributed by atoms with Gasteiger partial charge in [0.2, 0.25) is 0 Å². The van der Waals surface area contributed by atoms with E-state index in [2.05, 4.69) is 6.92 Å². The fourth-order valence-electron chi connectivity index (χ4n) is 0.919. The smallest absolute Gasteiger partial charge is 0.108 e. The number of thioether (sulfide) groups is 1. The molecule has 0 aliphatic rings. The van der Waals surface area contributed by atoms with Crippen molar-refractivity contribution in [1.29, 1.82) is 0 Å². The van der Waals surface area contributed by atoms with Crippen LogP contribution in [0.4, 0.5) is 0 Å². The third-order valence-electron chi connectivity index (χ3n) is 1.43. The summed E-state index contributed by atoms with van der Waals surface area (Å²) in [5.41, 5.74) is 0.916. The van der Waals surface area contributed by atoms with Gasteiger partial charge in [0.05, 0.1) is 0 Å². The Balaban J connectivity index is 2.83. The van der Waals surface area contributed by atoms with E-state index in [-0.39, 0.29) is 6.61 Å². The van der Waals surface area contributed by atoms with Crippen molar-refractivity contribution in [1.82, 2.24) is 0 Å². The Bertz CT molecular complexity index is 223. The summed E-state index contributed by atoms with van der Waals surface area (Å²) in [6.07, 6.45) is 0. The largest absolute Gasteiger partial charge is 0.232 e. The molecule has 1 aromatic rings. The topological polar surface area (TPSA) is 19.9 Å². The van der Waals surface area contributed by atoms with Gasteiger partial charge in [-0.3, -0.25) is 0 Å². The summed E-state index contributed by atoms with van der Waals surface area (Å²) in [5.74, 6) is 1.02. The van der Waals surface area contributed by atoms with Crippen LogP contribution >= 0.6 is 11.8 Å². The van der Waals surface area contributed by atoms with Gasteiger partial charge in [0.1, 0.15) is 6.61 Å². The molecule has 0 saturated heterocycles. The Labute approximate surface area is 71.4 Å². The molecule has 1 rings (SSSR count). The fraction of sp³-hybridized carbons (Fsp3) is 0.333. The Hall–Kier alpha value is -0.470. The second-order valence-electron chi connectivity index (χ2n) is 2.19. The van der Waals surface area contributed by atoms with Crippen molar-refractivity contribution in [2.45, 2.75) is 18.4 Å². The van der Waals surface area contributed by atoms with E-state index >= 15 is 0 Å². The molecule has 0 bridgehead atoms. The van der Waals surface area contributed by atoms with E-state index in [1.54, 1.807) is 11.8 Å². The third kappa shape index (κ3) is 2.24. The second kappa shape index (κ2) is 4.42. The first-order chi connectivity index (χ1) is 5.38. The summed E-state index contributed by atoms with van der Waals surface area (Å²) in [7, 11) is 0. The maximum atomic E-state index is 10.6. The van der Waals surface area contributed by atoms with Crippen LogP contribution in [0.1, 0.15) is 12.5 Å². The van der Waals surface area contributed by atoms with Gasteiger partial charge in [-0.15, -0.1) is 11.8 Å². The highest BCUT2D eigenvalue weighted by Gasteiger charge is 1.98. The van der Waals surface area contributed by atoms with Crippen LogP contribution in [0.25, 0.3) is 0 Å². The lowest BCUT2D eigenvalue weighted by atomic mass is 10.2. The molecule has 0 saturated carbocycles. The summed E-state index contributed by atoms with van der Waals surface area (Å²) in [6, 6.07) is 7.77. The first kappa shape index (κ1) is 8.62. The van der Waals surface area contributed by atoms with E-state index in [1.807, 2.05) is 24.3 Å². The minimum atomic E-state index is -0.108. The molecular formula is C9H11OS. The van der Waals surface area contributed by atoms with Gasteiger partial charge in [0, 0.05) is 4.90 Å². The zero-order valence-electron chi connectivity index (χ0n) is 6.54. The molecule has 0 atom stereocenters. The SMILES string of the molecule is CCSc1ccccc1C[O]. The minimum absolute atomic E-state index is 0.108. The quantitative estimate of drug-likeness (QED) is 0.634. The van der Waals surface area contributed by atoms with E-state index < -0.39 is 0 Å². The summed E-state index contributed by atoms with van der Waals surface area (Å²) >= 11 is 1.73. The molecule has 0 unspecified atom stereocenters. The summed E-state index contributed by atoms with van der Waals surface area (Å²) in [5, 5.41) is 10.6. The fourth-order valence-corrected chi connectivity index (χ4v) is 1.72. The molecule has 0 aliphatic carbocycles. The predicted octanol–water partition coefficient (Wildman–Crippen LogP) is 2.73. The predicted molar refractivity (Wildman–Crippen MR) is 47.2 cm³/mol. The second-order valence-corrected chi connectivity index (χ2v) is 3.49. The standard InChI is InChI=1S/C9H11OS/c1-2-11-9-6-4-3-5-8(9)7-10/h3-6H,2,7H2,1H3. The van der Waals surface area contributed by atoms with Crippen LogP contribution in [-0.2, 0) is 11.7 Å². The molecule has 0 fully saturated rings. The van der Waals surface area contributed by atoms with Crippen LogP contribution in [0.2, 0.25) is 0 Å². The number of benzene rings is 1. The van der Waals surface area contributed by atoms with Gasteiger partial charge in [-0.05, 0) is 17.4 Å². The molecule has 0 N–H and O–H groups in total. The Morgan fingerprint density at radius 1 is 1.36 bits per heavy atom. The lowest BCUT2D eigenvalue weighted by Gasteiger charge is -2.02. The van der Waals surface area contributed by atoms with Crippen LogP contribution in [0.15, 0.2) is 29.2 Å². The van der Waals surface area contributed by atoms with Gasteiger partial charge >= 0.3 is 0 Å². The lowest BCUT2D eigenvalue weighted by Crippen LogP contribution is -1.84. The van der Waals surface area contributed by atoms with Gasteiger partial charge in [-0.25, -0.2) is 5.11 Å². The maximum Gasteiger partial charge on any atom is 0.108 e. The van der Waals surface area contributed by atoms with Gasteiger partial charge in [-0.1, -0.05) is 25.1 Å². The first-order valence-electron chi connectivity index (χ1n) is 3.67. The molecule has 0 amide bonds. The third-order valence-corrected chi connectivity index (χ3v) is 2.43. The van der Waals surface area contributed by atoms with Gasteiger partial charge < -0.3 is 0 Å². The molecule has 1 radical (unpaired) electrons. The van der Waals surface area contributed by atoms with Crippen LogP contribution in [-0.4, -0.2) is 5.75 Å². The molecular weight excluding hydrogens is 156 g/mol. The molecule has 0 aromatic heterocycles. The van der Waals surface area contributed by atoms with E-state index in [0.29, 0.717) is 0 Å². The van der Waals surface area contributed by atoms with Crippen LogP contribution in [0.5, 0.6) is 0 Å². The van der Waals surface area contributed by atoms with Crippen molar-refractivity contribution in [2.75, 3.05) is 5.75 Å². The molecule has 1 aromatic carbocycles. The first-order valence-corrected chi connectivity index (χ1v) is 4.66. The van der Waals surface area contributed by atoms with Gasteiger partial charge in [-0.2, -0.15) is 0 Å². The Morgan fingerprint density at radius 3 is 2.73 bits per heavy atom. The van der Waals surface area contributed by atoms with E-state index in [1.165, 1.54) is 0 Å². The van der Waals surface area contributed by atoms with Crippen LogP contribution in [0, 0.1) is 0 Å². The van der Waals surface area contributed by atoms with Crippen LogP contribution < -0.4 is 0 Å². The van der Waals surface area contributed by atoms with Crippen molar-refractivity contribution in [2.24, 2.45) is 0 Å². The average molecular weight is 167 g/mol. The number of hydrogen-bond donors (Lipinski definition) is 0. The van der Waals surface area contributed by atoms with Crippen molar-refractivity contribution in [3.8, 4) is 0 Å². The Morgan fingerprint density at radius 2 is 2.09 bits per heavy atom. The normalized spacial score (nSPS) is 10.0. The highest BCUT2D eigenvalue weighted by Crippen LogP contribution is 2.21. The molecule has 0 aliphatic heterocycles. The molecule has 59 valence electrons. The maximum absolute atomic E-state index is 10.6. The summed E-state index contributed by atoms with van der Waals surface area (Å²) < 4.78 is 0. The molecule has 2 heteroatoms. The lowest BCUT2D eigenvalue weighted by molar-refractivity contribution is 0.175. The van der Waals surface area contributed by atoms with Crippen molar-refractivity contribution in [3.05, 3.63) is 29.8 Å². The molecule has 1 nitrogen and oxygen atoms in total. The van der Waals surface area contributed by atoms with Crippen molar-refractivity contribution in [3.63, 3.8) is 0 Å². The zero-order chi connectivity index (χ0) is 8.10. The molecule has 11 heavy (non-hydrogen) atoms. The number of hydrogen-bond acceptors (Lipinski definition) is 1. The van der Waals surface area contributed by atoms with Gasteiger partial charge in [0.25, 0.3) is 0 Å². The van der Waals surface area contributed by atoms with Gasteiger partial charge in [0.15, 0.2) is 0 Å². The highest BCUT2D eigenvalue weighted by molar-refractivity contribution is 7.99. The van der Waals surface area contributed by atoms with E-state index in [4.69, 9.17) is 0 Å². The summed E-state index contributed by atoms with van der Waals surface area (Å²) in [4.78, 5) is 1.13. The van der Waals surface area contributed by atoms with E-state index in [0.717, 1.165) is 16.2 Å². The van der Waals surface area contributed by atoms with E-state index in [9.17, 15) is 5.11 Å². The number of rotatable bonds is 3. The van der Waals surface area contributed by atoms with Crippen LogP contribution in [0.3, 0.4) is 0 Å². The molecule has 0 heterocycles.